The molecule has 0 unspecified atom stereocenters. The zero-order chi connectivity index (χ0) is 14.2. The van der Waals surface area contributed by atoms with Crippen LogP contribution in [0.25, 0.3) is 21.8 Å². The molecule has 0 aliphatic rings. The highest BCUT2D eigenvalue weighted by molar-refractivity contribution is 5.79. The van der Waals surface area contributed by atoms with Crippen LogP contribution >= 0.6 is 0 Å². The molecule has 3 nitrogen and oxygen atoms in total. The number of H-pyrrole nitrogens is 2. The van der Waals surface area contributed by atoms with Gasteiger partial charge in [-0.25, -0.2) is 0 Å². The molecule has 2 aromatic carbocycles. The summed E-state index contributed by atoms with van der Waals surface area (Å²) in [5, 5.41) is 2.55. The summed E-state index contributed by atoms with van der Waals surface area (Å²) in [5.41, 5.74) is 2.41. The van der Waals surface area contributed by atoms with Gasteiger partial charge in [0.15, 0.2) is 0 Å². The van der Waals surface area contributed by atoms with Crippen molar-refractivity contribution < 1.29 is 4.79 Å². The predicted molar refractivity (Wildman–Crippen MR) is 83.7 cm³/mol. The van der Waals surface area contributed by atoms with E-state index in [0.29, 0.717) is 0 Å². The molecule has 0 aliphatic carbocycles. The molecular weight excluding hydrogens is 248 g/mol. The molecular formula is C17H16N2O. The molecule has 2 N–H and O–H groups in total. The summed E-state index contributed by atoms with van der Waals surface area (Å²) < 4.78 is 0. The fourth-order valence-corrected chi connectivity index (χ4v) is 1.99. The lowest BCUT2D eigenvalue weighted by molar-refractivity contribution is -0.0979. The minimum Gasteiger partial charge on any atom is -0.361 e. The lowest BCUT2D eigenvalue weighted by Gasteiger charge is -1.83. The van der Waals surface area contributed by atoms with Crippen molar-refractivity contribution in [2.24, 2.45) is 0 Å². The number of rotatable bonds is 0. The second kappa shape index (κ2) is 6.95. The molecule has 3 heteroatoms. The Morgan fingerprint density at radius 1 is 0.600 bits per heavy atom. The molecule has 0 aliphatic heterocycles. The molecule has 100 valence electrons. The largest absolute Gasteiger partial charge is 0.361 e. The molecule has 2 aromatic heterocycles. The first-order valence-electron chi connectivity index (χ1n) is 6.26. The lowest BCUT2D eigenvalue weighted by atomic mass is 10.3. The summed E-state index contributed by atoms with van der Waals surface area (Å²) in [6.07, 6.45) is 3.90. The molecule has 0 fully saturated rings. The van der Waals surface area contributed by atoms with Crippen LogP contribution in [0.4, 0.5) is 0 Å². The minimum atomic E-state index is 1.21. The number of fused-ring (bicyclic) bond motifs is 2. The van der Waals surface area contributed by atoms with Gasteiger partial charge >= 0.3 is 0 Å². The van der Waals surface area contributed by atoms with Gasteiger partial charge in [-0.3, -0.25) is 0 Å². The van der Waals surface area contributed by atoms with Crippen molar-refractivity contribution in [1.82, 2.24) is 9.97 Å². The Balaban J connectivity index is 0.000000131. The van der Waals surface area contributed by atoms with E-state index in [1.54, 1.807) is 0 Å². The fourth-order valence-electron chi connectivity index (χ4n) is 1.99. The maximum Gasteiger partial charge on any atom is 0.106 e. The molecule has 0 amide bonds. The molecule has 4 rings (SSSR count). The zero-order valence-corrected chi connectivity index (χ0v) is 11.0. The van der Waals surface area contributed by atoms with Crippen LogP contribution in [0, 0.1) is 0 Å². The van der Waals surface area contributed by atoms with Crippen LogP contribution in [-0.2, 0) is 4.79 Å². The first-order chi connectivity index (χ1) is 9.93. The van der Waals surface area contributed by atoms with Crippen LogP contribution in [0.3, 0.4) is 0 Å². The Kier molecular flexibility index (Phi) is 4.73. The maximum atomic E-state index is 8.00. The average Bonchev–Trinajstić information content (AvgIpc) is 3.18. The summed E-state index contributed by atoms with van der Waals surface area (Å²) in [6, 6.07) is 20.6. The number of aromatic nitrogens is 2. The van der Waals surface area contributed by atoms with Gasteiger partial charge in [-0.2, -0.15) is 0 Å². The van der Waals surface area contributed by atoms with Crippen molar-refractivity contribution in [2.75, 3.05) is 0 Å². The van der Waals surface area contributed by atoms with Gasteiger partial charge in [-0.1, -0.05) is 36.4 Å². The van der Waals surface area contributed by atoms with Crippen LogP contribution in [0.2, 0.25) is 0 Å². The Labute approximate surface area is 117 Å². The highest BCUT2D eigenvalue weighted by atomic mass is 16.1. The van der Waals surface area contributed by atoms with Gasteiger partial charge in [0, 0.05) is 23.4 Å². The van der Waals surface area contributed by atoms with Crippen LogP contribution in [0.1, 0.15) is 0 Å². The molecule has 0 radical (unpaired) electrons. The Morgan fingerprint density at radius 3 is 1.40 bits per heavy atom. The SMILES string of the molecule is C=O.c1ccc2[nH]ccc2c1.c1ccc2[nH]ccc2c1. The third-order valence-corrected chi connectivity index (χ3v) is 2.93. The monoisotopic (exact) mass is 264 g/mol. The van der Waals surface area contributed by atoms with Crippen molar-refractivity contribution in [3.05, 3.63) is 73.1 Å². The predicted octanol–water partition coefficient (Wildman–Crippen LogP) is 4.15. The number of para-hydroxylation sites is 2. The van der Waals surface area contributed by atoms with E-state index >= 15 is 0 Å². The Hall–Kier alpha value is -2.81. The lowest BCUT2D eigenvalue weighted by Crippen LogP contribution is -1.61. The Morgan fingerprint density at radius 2 is 1.00 bits per heavy atom. The molecule has 20 heavy (non-hydrogen) atoms. The van der Waals surface area contributed by atoms with E-state index in [4.69, 9.17) is 4.79 Å². The van der Waals surface area contributed by atoms with Gasteiger partial charge in [0.1, 0.15) is 6.79 Å². The van der Waals surface area contributed by atoms with E-state index in [-0.39, 0.29) is 0 Å². The van der Waals surface area contributed by atoms with Gasteiger partial charge in [-0.15, -0.1) is 0 Å². The average molecular weight is 264 g/mol. The number of nitrogens with one attached hydrogen (secondary N) is 2. The molecule has 0 saturated carbocycles. The highest BCUT2D eigenvalue weighted by Crippen LogP contribution is 2.09. The number of benzene rings is 2. The van der Waals surface area contributed by atoms with E-state index in [1.807, 2.05) is 43.4 Å². The maximum absolute atomic E-state index is 8.00. The van der Waals surface area contributed by atoms with E-state index in [2.05, 4.69) is 46.4 Å². The summed E-state index contributed by atoms with van der Waals surface area (Å²) in [6.45, 7) is 2.00. The fraction of sp³-hybridized carbons (Fsp3) is 0. The standard InChI is InChI=1S/2C8H7N.CH2O/c2*1-2-4-8-7(3-1)5-6-9-8;1-2/h2*1-6,9H;1H2. The summed E-state index contributed by atoms with van der Waals surface area (Å²) in [4.78, 5) is 14.2. The topological polar surface area (TPSA) is 48.6 Å². The van der Waals surface area contributed by atoms with Gasteiger partial charge in [-0.05, 0) is 35.0 Å². The van der Waals surface area contributed by atoms with Crippen LogP contribution in [0.5, 0.6) is 0 Å². The summed E-state index contributed by atoms with van der Waals surface area (Å²) in [5.74, 6) is 0. The van der Waals surface area contributed by atoms with Gasteiger partial charge in [0.05, 0.1) is 0 Å². The second-order valence-corrected chi connectivity index (χ2v) is 4.13. The number of hydrogen-bond acceptors (Lipinski definition) is 1. The van der Waals surface area contributed by atoms with E-state index < -0.39 is 0 Å². The minimum absolute atomic E-state index is 1.21. The summed E-state index contributed by atoms with van der Waals surface area (Å²) >= 11 is 0. The van der Waals surface area contributed by atoms with E-state index in [1.165, 1.54) is 21.8 Å². The van der Waals surface area contributed by atoms with E-state index in [9.17, 15) is 0 Å². The smallest absolute Gasteiger partial charge is 0.106 e. The number of hydrogen-bond donors (Lipinski definition) is 2. The number of aromatic amines is 2. The van der Waals surface area contributed by atoms with Gasteiger partial charge in [0.2, 0.25) is 0 Å². The third-order valence-electron chi connectivity index (χ3n) is 2.93. The number of carbonyl (C=O) groups is 1. The van der Waals surface area contributed by atoms with E-state index in [0.717, 1.165) is 0 Å². The first kappa shape index (κ1) is 13.6. The molecule has 2 heterocycles. The van der Waals surface area contributed by atoms with Crippen molar-refractivity contribution >= 4 is 28.6 Å². The summed E-state index contributed by atoms with van der Waals surface area (Å²) in [7, 11) is 0. The van der Waals surface area contributed by atoms with Crippen LogP contribution < -0.4 is 0 Å². The molecule has 0 spiro atoms. The normalized spacial score (nSPS) is 9.40. The second-order valence-electron chi connectivity index (χ2n) is 4.13. The Bertz CT molecular complexity index is 644. The molecule has 0 saturated heterocycles. The first-order valence-corrected chi connectivity index (χ1v) is 6.26. The molecule has 4 aromatic rings. The third kappa shape index (κ3) is 3.14. The zero-order valence-electron chi connectivity index (χ0n) is 11.0. The quantitative estimate of drug-likeness (QED) is 0.492. The molecule has 0 atom stereocenters. The van der Waals surface area contributed by atoms with Gasteiger partial charge < -0.3 is 14.8 Å². The highest BCUT2D eigenvalue weighted by Gasteiger charge is 1.87. The molecule has 0 bridgehead atoms. The van der Waals surface area contributed by atoms with Crippen LogP contribution in [0.15, 0.2) is 73.1 Å². The van der Waals surface area contributed by atoms with Crippen molar-refractivity contribution in [2.45, 2.75) is 0 Å². The van der Waals surface area contributed by atoms with Crippen molar-refractivity contribution in [3.8, 4) is 0 Å². The number of carbonyl (C=O) groups excluding carboxylic acids is 1. The van der Waals surface area contributed by atoms with Crippen molar-refractivity contribution in [1.29, 1.82) is 0 Å². The van der Waals surface area contributed by atoms with Crippen LogP contribution in [-0.4, -0.2) is 16.8 Å². The van der Waals surface area contributed by atoms with Gasteiger partial charge in [0.25, 0.3) is 0 Å². The van der Waals surface area contributed by atoms with Crippen molar-refractivity contribution in [3.63, 3.8) is 0 Å².